The van der Waals surface area contributed by atoms with Crippen LogP contribution < -0.4 is 16.0 Å². The topological polar surface area (TPSA) is 90.5 Å². The number of benzene rings is 1. The molecule has 4 N–H and O–H groups in total. The molecule has 2 amide bonds. The Labute approximate surface area is 220 Å². The van der Waals surface area contributed by atoms with Crippen LogP contribution in [0.2, 0.25) is 0 Å². The zero-order chi connectivity index (χ0) is 26.9. The second kappa shape index (κ2) is 8.89. The lowest BCUT2D eigenvalue weighted by Gasteiger charge is -2.43. The van der Waals surface area contributed by atoms with Gasteiger partial charge in [0.2, 0.25) is 11.8 Å². The molecule has 4 aliphatic rings. The number of aliphatic hydroxyl groups is 1. The first-order valence-electron chi connectivity index (χ1n) is 12.8. The largest absolute Gasteiger partial charge is 0.390 e. The average molecular weight is 534 g/mol. The minimum absolute atomic E-state index is 0.00820. The number of halogens is 3. The van der Waals surface area contributed by atoms with Crippen molar-refractivity contribution in [3.8, 4) is 0 Å². The summed E-state index contributed by atoms with van der Waals surface area (Å²) in [6.45, 7) is 7.83. The van der Waals surface area contributed by atoms with Crippen LogP contribution in [0.5, 0.6) is 0 Å². The van der Waals surface area contributed by atoms with Crippen molar-refractivity contribution in [2.45, 2.75) is 82.3 Å². The van der Waals surface area contributed by atoms with E-state index in [0.29, 0.717) is 30.5 Å². The van der Waals surface area contributed by atoms with E-state index in [1.165, 1.54) is 18.2 Å². The molecular formula is C28H34ClF2N3O3. The number of hydrogen-bond donors (Lipinski definition) is 4. The van der Waals surface area contributed by atoms with Crippen molar-refractivity contribution in [3.63, 3.8) is 0 Å². The Kier molecular flexibility index (Phi) is 6.32. The predicted octanol–water partition coefficient (Wildman–Crippen LogP) is 4.08. The number of fused-ring (bicyclic) bond motifs is 2. The van der Waals surface area contributed by atoms with Crippen molar-refractivity contribution in [3.05, 3.63) is 52.8 Å². The summed E-state index contributed by atoms with van der Waals surface area (Å²) in [5, 5.41) is 19.4. The maximum absolute atomic E-state index is 15.8. The third kappa shape index (κ3) is 4.41. The monoisotopic (exact) mass is 533 g/mol. The molecule has 2 unspecified atom stereocenters. The van der Waals surface area contributed by atoms with Gasteiger partial charge in [0.1, 0.15) is 12.0 Å². The fraction of sp³-hybridized carbons (Fsp3) is 0.571. The summed E-state index contributed by atoms with van der Waals surface area (Å²) in [5.74, 6) is -2.95. The van der Waals surface area contributed by atoms with Gasteiger partial charge in [-0.05, 0) is 55.4 Å². The number of carbonyl (C=O) groups excluding carboxylic acids is 2. The minimum atomic E-state index is -1.61. The van der Waals surface area contributed by atoms with Crippen molar-refractivity contribution in [2.24, 2.45) is 17.3 Å². The quantitative estimate of drug-likeness (QED) is 0.469. The van der Waals surface area contributed by atoms with Gasteiger partial charge in [0.15, 0.2) is 0 Å². The maximum atomic E-state index is 15.8. The smallest absolute Gasteiger partial charge is 0.237 e. The number of amides is 2. The molecule has 2 fully saturated rings. The summed E-state index contributed by atoms with van der Waals surface area (Å²) in [5.41, 5.74) is -1.52. The Balaban J connectivity index is 1.64. The molecule has 1 spiro atoms. The molecule has 37 heavy (non-hydrogen) atoms. The molecule has 1 aromatic rings. The lowest BCUT2D eigenvalue weighted by atomic mass is 9.59. The van der Waals surface area contributed by atoms with Crippen LogP contribution in [-0.2, 0) is 15.0 Å². The molecule has 6 nitrogen and oxygen atoms in total. The van der Waals surface area contributed by atoms with Crippen LogP contribution in [0.15, 0.2) is 41.5 Å². The Morgan fingerprint density at radius 1 is 1.30 bits per heavy atom. The van der Waals surface area contributed by atoms with E-state index < -0.39 is 46.9 Å². The third-order valence-corrected chi connectivity index (χ3v) is 8.62. The lowest BCUT2D eigenvalue weighted by molar-refractivity contribution is -0.129. The van der Waals surface area contributed by atoms with E-state index in [0.717, 1.165) is 0 Å². The number of hydrogen-bond acceptors (Lipinski definition) is 4. The molecule has 2 heterocycles. The molecule has 5 rings (SSSR count). The lowest BCUT2D eigenvalue weighted by Crippen LogP contribution is -2.58. The highest BCUT2D eigenvalue weighted by Crippen LogP contribution is 2.56. The number of alkyl halides is 1. The second-order valence-corrected chi connectivity index (χ2v) is 13.0. The van der Waals surface area contributed by atoms with Gasteiger partial charge in [-0.3, -0.25) is 9.59 Å². The van der Waals surface area contributed by atoms with Gasteiger partial charge in [-0.25, -0.2) is 8.78 Å². The molecule has 2 aliphatic carbocycles. The number of allylic oxidation sites excluding steroid dienone is 4. The number of anilines is 1. The zero-order valence-corrected chi connectivity index (χ0v) is 22.2. The van der Waals surface area contributed by atoms with Crippen LogP contribution in [0.25, 0.3) is 0 Å². The van der Waals surface area contributed by atoms with Crippen LogP contribution in [-0.4, -0.2) is 46.8 Å². The molecule has 2 aliphatic heterocycles. The zero-order valence-electron chi connectivity index (χ0n) is 21.4. The Morgan fingerprint density at radius 3 is 2.65 bits per heavy atom. The van der Waals surface area contributed by atoms with Crippen molar-refractivity contribution in [2.75, 3.05) is 5.32 Å². The first-order valence-corrected chi connectivity index (χ1v) is 13.2. The van der Waals surface area contributed by atoms with E-state index in [-0.39, 0.29) is 28.3 Å². The van der Waals surface area contributed by atoms with Crippen LogP contribution >= 0.6 is 11.6 Å². The number of rotatable bonds is 4. The second-order valence-electron chi connectivity index (χ2n) is 12.5. The van der Waals surface area contributed by atoms with Crippen molar-refractivity contribution >= 4 is 29.1 Å². The van der Waals surface area contributed by atoms with Gasteiger partial charge in [0, 0.05) is 29.6 Å². The van der Waals surface area contributed by atoms with E-state index in [1.54, 1.807) is 25.1 Å². The molecular weight excluding hydrogens is 500 g/mol. The van der Waals surface area contributed by atoms with Crippen LogP contribution in [0.1, 0.15) is 52.5 Å². The van der Waals surface area contributed by atoms with Crippen molar-refractivity contribution in [1.82, 2.24) is 10.6 Å². The fourth-order valence-corrected chi connectivity index (χ4v) is 7.11. The number of nitrogens with one attached hydrogen (secondary N) is 3. The van der Waals surface area contributed by atoms with E-state index in [1.807, 2.05) is 20.8 Å². The molecule has 1 aromatic carbocycles. The van der Waals surface area contributed by atoms with Crippen molar-refractivity contribution in [1.29, 1.82) is 0 Å². The van der Waals surface area contributed by atoms with E-state index in [4.69, 9.17) is 11.6 Å². The summed E-state index contributed by atoms with van der Waals surface area (Å²) >= 11 is 6.25. The molecule has 1 saturated carbocycles. The normalized spacial score (nSPS) is 38.7. The summed E-state index contributed by atoms with van der Waals surface area (Å²) in [7, 11) is 0. The van der Waals surface area contributed by atoms with Crippen LogP contribution in [0.3, 0.4) is 0 Å². The maximum Gasteiger partial charge on any atom is 0.237 e. The molecule has 9 heteroatoms. The Morgan fingerprint density at radius 2 is 2.00 bits per heavy atom. The fourth-order valence-electron chi connectivity index (χ4n) is 6.90. The summed E-state index contributed by atoms with van der Waals surface area (Å²) in [4.78, 5) is 27.8. The predicted molar refractivity (Wildman–Crippen MR) is 138 cm³/mol. The standard InChI is InChI=1S/C28H34ClF2N3O3/c1-26(2,3)13-20-28(17-9-8-14(30)10-19(17)33-25(28)36)21(16-6-5-7-18(29)22(16)31)23(34-20)24(35)32-15-11-27(4,37)12-15/h5-10,15-16,20-23,34,37H,11-13H2,1-4H3,(H,32,35)(H,33,36)/t15-,16?,20-,21-,22?,23+,27+,28+/m0/s1. The van der Waals surface area contributed by atoms with Crippen molar-refractivity contribution < 1.29 is 23.5 Å². The first kappa shape index (κ1) is 26.3. The SMILES string of the molecule is CC(C)(C)C[C@@H]1N[C@@H](C(=O)N[C@H]2C[C@@](C)(O)C2)[C@H](C2C=CC=C(Cl)C2F)[C@]12C(=O)Nc1cc(F)ccc12. The summed E-state index contributed by atoms with van der Waals surface area (Å²) in [6.07, 6.45) is 4.54. The van der Waals surface area contributed by atoms with Gasteiger partial charge in [0.25, 0.3) is 0 Å². The van der Waals surface area contributed by atoms with Gasteiger partial charge in [-0.2, -0.15) is 0 Å². The van der Waals surface area contributed by atoms with E-state index >= 15 is 4.39 Å². The highest BCUT2D eigenvalue weighted by atomic mass is 35.5. The average Bonchev–Trinajstić information content (AvgIpc) is 3.23. The third-order valence-electron chi connectivity index (χ3n) is 8.29. The van der Waals surface area contributed by atoms with E-state index in [9.17, 15) is 19.1 Å². The van der Waals surface area contributed by atoms with Gasteiger partial charge >= 0.3 is 0 Å². The summed E-state index contributed by atoms with van der Waals surface area (Å²) in [6, 6.07) is 2.48. The van der Waals surface area contributed by atoms with Crippen LogP contribution in [0.4, 0.5) is 14.5 Å². The molecule has 0 radical (unpaired) electrons. The van der Waals surface area contributed by atoms with E-state index in [2.05, 4.69) is 16.0 Å². The van der Waals surface area contributed by atoms with Gasteiger partial charge in [0.05, 0.1) is 22.1 Å². The molecule has 0 aromatic heterocycles. The highest BCUT2D eigenvalue weighted by molar-refractivity contribution is 6.30. The van der Waals surface area contributed by atoms with Gasteiger partial charge in [-0.15, -0.1) is 0 Å². The molecule has 6 atom stereocenters. The summed E-state index contributed by atoms with van der Waals surface area (Å²) < 4.78 is 30.0. The van der Waals surface area contributed by atoms with Gasteiger partial charge in [-0.1, -0.05) is 50.6 Å². The molecule has 0 bridgehead atoms. The molecule has 1 saturated heterocycles. The first-order chi connectivity index (χ1) is 17.2. The Hall–Kier alpha value is -2.29. The molecule has 200 valence electrons. The van der Waals surface area contributed by atoms with Gasteiger partial charge < -0.3 is 21.1 Å². The minimum Gasteiger partial charge on any atom is -0.390 e. The Bertz CT molecular complexity index is 1190. The highest BCUT2D eigenvalue weighted by Gasteiger charge is 2.67. The van der Waals surface area contributed by atoms with Crippen LogP contribution in [0, 0.1) is 23.1 Å². The number of carbonyl (C=O) groups is 2.